The molecule has 27 heavy (non-hydrogen) atoms. The van der Waals surface area contributed by atoms with Gasteiger partial charge in [0.05, 0.1) is 39.1 Å². The standard InChI is InChI=1S/C19H25N5O3/c1-3-23-8-10-24(11-9-23)19-21-16(12-17(26)22-19)18(27)20-15-6-4-14(5-7-15)13(2)25/h4-7,16H,3,8-12H2,1-2H3,(H,20,27)(H,21,22,26)/p+1/t16-/m1/s1. The number of hydrogen-bond donors (Lipinski definition) is 3. The molecular weight excluding hydrogens is 346 g/mol. The lowest BCUT2D eigenvalue weighted by Gasteiger charge is -2.35. The molecule has 0 aliphatic carbocycles. The molecule has 3 rings (SSSR count). The average molecular weight is 372 g/mol. The highest BCUT2D eigenvalue weighted by Gasteiger charge is 2.31. The Morgan fingerprint density at radius 3 is 2.52 bits per heavy atom. The van der Waals surface area contributed by atoms with E-state index in [0.29, 0.717) is 17.2 Å². The number of nitrogens with zero attached hydrogens (tertiary/aromatic N) is 2. The number of likely N-dealkylation sites (N-methyl/N-ethyl adjacent to an activating group) is 1. The number of anilines is 1. The molecule has 0 spiro atoms. The predicted molar refractivity (Wildman–Crippen MR) is 102 cm³/mol. The zero-order chi connectivity index (χ0) is 19.4. The Bertz CT molecular complexity index is 751. The van der Waals surface area contributed by atoms with E-state index in [-0.39, 0.29) is 24.0 Å². The van der Waals surface area contributed by atoms with E-state index < -0.39 is 6.04 Å². The first-order valence-electron chi connectivity index (χ1n) is 9.34. The summed E-state index contributed by atoms with van der Waals surface area (Å²) in [5, 5.41) is 5.58. The Labute approximate surface area is 158 Å². The molecule has 0 radical (unpaired) electrons. The molecule has 2 aliphatic rings. The van der Waals surface area contributed by atoms with Crippen LogP contribution in [0.25, 0.3) is 0 Å². The third kappa shape index (κ3) is 4.71. The Kier molecular flexibility index (Phi) is 5.85. The van der Waals surface area contributed by atoms with E-state index in [4.69, 9.17) is 0 Å². The maximum Gasteiger partial charge on any atom is 0.249 e. The van der Waals surface area contributed by atoms with Crippen molar-refractivity contribution in [1.29, 1.82) is 0 Å². The lowest BCUT2D eigenvalue weighted by atomic mass is 10.1. The van der Waals surface area contributed by atoms with Gasteiger partial charge in [-0.2, -0.15) is 0 Å². The number of hydrogen-bond acceptors (Lipinski definition) is 5. The van der Waals surface area contributed by atoms with Gasteiger partial charge in [-0.3, -0.25) is 19.7 Å². The summed E-state index contributed by atoms with van der Waals surface area (Å²) in [5.74, 6) is -0.0577. The van der Waals surface area contributed by atoms with Crippen LogP contribution in [0.1, 0.15) is 30.6 Å². The number of carbonyl (C=O) groups excluding carboxylic acids is 3. The van der Waals surface area contributed by atoms with E-state index >= 15 is 0 Å². The minimum atomic E-state index is -0.752. The second-order valence-corrected chi connectivity index (χ2v) is 6.93. The maximum atomic E-state index is 12.6. The molecule has 2 amide bonds. The lowest BCUT2D eigenvalue weighted by molar-refractivity contribution is -0.902. The van der Waals surface area contributed by atoms with Crippen molar-refractivity contribution >= 4 is 29.2 Å². The van der Waals surface area contributed by atoms with Gasteiger partial charge in [-0.15, -0.1) is 0 Å². The van der Waals surface area contributed by atoms with Crippen LogP contribution in [-0.2, 0) is 9.59 Å². The number of nitrogens with one attached hydrogen (secondary N) is 3. The van der Waals surface area contributed by atoms with E-state index in [1.165, 1.54) is 11.8 Å². The van der Waals surface area contributed by atoms with Gasteiger partial charge >= 0.3 is 0 Å². The van der Waals surface area contributed by atoms with E-state index in [0.717, 1.165) is 32.7 Å². The number of piperazine rings is 1. The van der Waals surface area contributed by atoms with E-state index in [2.05, 4.69) is 22.5 Å². The number of guanidine groups is 1. The minimum absolute atomic E-state index is 0.0288. The van der Waals surface area contributed by atoms with Gasteiger partial charge in [0.2, 0.25) is 17.8 Å². The third-order valence-corrected chi connectivity index (χ3v) is 5.04. The number of ketones is 1. The predicted octanol–water partition coefficient (Wildman–Crippen LogP) is -0.707. The van der Waals surface area contributed by atoms with Crippen LogP contribution in [0.15, 0.2) is 29.3 Å². The second-order valence-electron chi connectivity index (χ2n) is 6.93. The fraction of sp³-hybridized carbons (Fsp3) is 0.474. The van der Waals surface area contributed by atoms with Crippen molar-refractivity contribution in [1.82, 2.24) is 10.2 Å². The smallest absolute Gasteiger partial charge is 0.249 e. The van der Waals surface area contributed by atoms with Gasteiger partial charge in [0, 0.05) is 11.3 Å². The largest absolute Gasteiger partial charge is 0.332 e. The normalized spacial score (nSPS) is 20.7. The molecule has 2 heterocycles. The molecular formula is C19H26N5O3+. The quantitative estimate of drug-likeness (QED) is 0.609. The van der Waals surface area contributed by atoms with Crippen LogP contribution < -0.4 is 15.5 Å². The van der Waals surface area contributed by atoms with Crippen molar-refractivity contribution in [3.63, 3.8) is 0 Å². The van der Waals surface area contributed by atoms with Gasteiger partial charge in [-0.05, 0) is 38.1 Å². The molecule has 3 N–H and O–H groups in total. The molecule has 1 fully saturated rings. The monoisotopic (exact) mass is 372 g/mol. The van der Waals surface area contributed by atoms with Crippen LogP contribution >= 0.6 is 0 Å². The van der Waals surface area contributed by atoms with Crippen molar-refractivity contribution in [3.05, 3.63) is 29.8 Å². The first-order valence-corrected chi connectivity index (χ1v) is 9.34. The molecule has 8 nitrogen and oxygen atoms in total. The number of rotatable bonds is 4. The van der Waals surface area contributed by atoms with Crippen LogP contribution in [0.3, 0.4) is 0 Å². The molecule has 1 aromatic rings. The summed E-state index contributed by atoms with van der Waals surface area (Å²) < 4.78 is 0. The summed E-state index contributed by atoms with van der Waals surface area (Å²) >= 11 is 0. The summed E-state index contributed by atoms with van der Waals surface area (Å²) in [5.41, 5.74) is 1.16. The van der Waals surface area contributed by atoms with Gasteiger partial charge in [0.1, 0.15) is 6.04 Å². The number of aliphatic imine (C=N–C) groups is 1. The first kappa shape index (κ1) is 19.0. The Morgan fingerprint density at radius 1 is 1.26 bits per heavy atom. The molecule has 1 atom stereocenters. The average Bonchev–Trinajstić information content (AvgIpc) is 2.68. The van der Waals surface area contributed by atoms with Crippen LogP contribution in [0, 0.1) is 0 Å². The molecule has 0 bridgehead atoms. The van der Waals surface area contributed by atoms with E-state index in [9.17, 15) is 14.4 Å². The fourth-order valence-electron chi connectivity index (χ4n) is 3.29. The van der Waals surface area contributed by atoms with Gasteiger partial charge < -0.3 is 15.1 Å². The first-order chi connectivity index (χ1) is 13.0. The summed E-state index contributed by atoms with van der Waals surface area (Å²) in [4.78, 5) is 44.0. The van der Waals surface area contributed by atoms with Gasteiger partial charge in [0.25, 0.3) is 0 Å². The lowest BCUT2D eigenvalue weighted by Crippen LogP contribution is -3.14. The van der Waals surface area contributed by atoms with Crippen molar-refractivity contribution in [2.24, 2.45) is 4.99 Å². The highest BCUT2D eigenvalue weighted by Crippen LogP contribution is 2.13. The Morgan fingerprint density at radius 2 is 1.93 bits per heavy atom. The molecule has 8 heteroatoms. The van der Waals surface area contributed by atoms with Crippen LogP contribution in [0.2, 0.25) is 0 Å². The molecule has 0 unspecified atom stereocenters. The molecule has 0 aromatic heterocycles. The highest BCUT2D eigenvalue weighted by atomic mass is 16.2. The zero-order valence-electron chi connectivity index (χ0n) is 15.7. The van der Waals surface area contributed by atoms with Crippen molar-refractivity contribution < 1.29 is 19.3 Å². The molecule has 2 aliphatic heterocycles. The number of benzene rings is 1. The Balaban J connectivity index is 1.66. The van der Waals surface area contributed by atoms with Crippen LogP contribution in [0.5, 0.6) is 0 Å². The van der Waals surface area contributed by atoms with Gasteiger partial charge in [-0.1, -0.05) is 0 Å². The number of amides is 2. The highest BCUT2D eigenvalue weighted by molar-refractivity contribution is 6.06. The van der Waals surface area contributed by atoms with E-state index in [1.807, 2.05) is 4.90 Å². The molecule has 0 saturated carbocycles. The molecule has 1 saturated heterocycles. The zero-order valence-corrected chi connectivity index (χ0v) is 15.7. The van der Waals surface area contributed by atoms with Crippen molar-refractivity contribution in [2.75, 3.05) is 38.0 Å². The van der Waals surface area contributed by atoms with Crippen LogP contribution in [0.4, 0.5) is 5.69 Å². The SMILES string of the molecule is CC[NH+]1CCN(C2=N[C@@H](C(=O)Nc3ccc(C(C)=O)cc3)CC(=O)N2)CC1. The van der Waals surface area contributed by atoms with Gasteiger partial charge in [0.15, 0.2) is 5.78 Å². The van der Waals surface area contributed by atoms with Crippen molar-refractivity contribution in [2.45, 2.75) is 26.3 Å². The van der Waals surface area contributed by atoms with E-state index in [1.54, 1.807) is 24.3 Å². The summed E-state index contributed by atoms with van der Waals surface area (Å²) in [6.07, 6.45) is 0.0288. The summed E-state index contributed by atoms with van der Waals surface area (Å²) in [6.45, 7) is 8.34. The number of quaternary nitrogens is 1. The minimum Gasteiger partial charge on any atom is -0.332 e. The molecule has 1 aromatic carbocycles. The Hall–Kier alpha value is -2.74. The van der Waals surface area contributed by atoms with Crippen molar-refractivity contribution in [3.8, 4) is 0 Å². The second kappa shape index (κ2) is 8.30. The third-order valence-electron chi connectivity index (χ3n) is 5.04. The summed E-state index contributed by atoms with van der Waals surface area (Å²) in [6, 6.07) is 5.92. The topological polar surface area (TPSA) is 95.3 Å². The van der Waals surface area contributed by atoms with Crippen LogP contribution in [-0.4, -0.2) is 67.2 Å². The molecule has 144 valence electrons. The fourth-order valence-corrected chi connectivity index (χ4v) is 3.29. The number of carbonyl (C=O) groups is 3. The summed E-state index contributed by atoms with van der Waals surface area (Å²) in [7, 11) is 0. The maximum absolute atomic E-state index is 12.6. The van der Waals surface area contributed by atoms with Gasteiger partial charge in [-0.25, -0.2) is 4.99 Å². The number of Topliss-reactive ketones (excluding diaryl/α,β-unsaturated/α-hetero) is 1.